The van der Waals surface area contributed by atoms with Gasteiger partial charge in [-0.3, -0.25) is 5.43 Å². The summed E-state index contributed by atoms with van der Waals surface area (Å²) in [5.74, 6) is 0. The minimum Gasteiger partial charge on any atom is -0.285 e. The van der Waals surface area contributed by atoms with E-state index in [4.69, 9.17) is 0 Å². The molecular formula is C11H8N4S. The molecule has 1 aliphatic heterocycles. The summed E-state index contributed by atoms with van der Waals surface area (Å²) in [6, 6.07) is 8.09. The molecule has 78 valence electrons. The van der Waals surface area contributed by atoms with Crippen LogP contribution in [0.3, 0.4) is 0 Å². The third-order valence-corrected chi connectivity index (χ3v) is 2.99. The molecular weight excluding hydrogens is 220 g/mol. The second-order valence-electron chi connectivity index (χ2n) is 3.25. The van der Waals surface area contributed by atoms with Crippen molar-refractivity contribution in [1.29, 1.82) is 0 Å². The van der Waals surface area contributed by atoms with Crippen LogP contribution in [0.2, 0.25) is 0 Å². The number of hydrogen-bond acceptors (Lipinski definition) is 5. The third-order valence-electron chi connectivity index (χ3n) is 2.29. The van der Waals surface area contributed by atoms with Gasteiger partial charge in [0.2, 0.25) is 0 Å². The van der Waals surface area contributed by atoms with Gasteiger partial charge in [0, 0.05) is 11.8 Å². The first-order valence-corrected chi connectivity index (χ1v) is 5.69. The topological polar surface area (TPSA) is 50.2 Å². The fourth-order valence-corrected chi connectivity index (χ4v) is 2.14. The fraction of sp³-hybridized carbons (Fsp3) is 0. The van der Waals surface area contributed by atoms with Crippen LogP contribution in [0.15, 0.2) is 41.1 Å². The Kier molecular flexibility index (Phi) is 2.23. The van der Waals surface area contributed by atoms with Crippen molar-refractivity contribution in [3.63, 3.8) is 0 Å². The van der Waals surface area contributed by atoms with Crippen LogP contribution in [0.1, 0.15) is 16.1 Å². The number of benzene rings is 1. The van der Waals surface area contributed by atoms with E-state index in [9.17, 15) is 0 Å². The van der Waals surface area contributed by atoms with Crippen LogP contribution in [0.4, 0.5) is 0 Å². The predicted octanol–water partition coefficient (Wildman–Crippen LogP) is 1.86. The number of nitrogens with one attached hydrogen (secondary N) is 1. The van der Waals surface area contributed by atoms with Crippen molar-refractivity contribution in [1.82, 2.24) is 15.6 Å². The van der Waals surface area contributed by atoms with E-state index in [0.717, 1.165) is 21.8 Å². The number of hydrogen-bond donors (Lipinski definition) is 1. The van der Waals surface area contributed by atoms with Gasteiger partial charge in [0.15, 0.2) is 5.01 Å². The standard InChI is InChI=1S/C11H8N4S/c1-2-4-9-8(3-1)5-6-12-14-10(9)11-15-13-7-16-11/h1-7,12H. The Balaban J connectivity index is 2.19. The lowest BCUT2D eigenvalue weighted by atomic mass is 10.0. The number of rotatable bonds is 1. The molecule has 0 unspecified atom stereocenters. The van der Waals surface area contributed by atoms with Crippen molar-refractivity contribution < 1.29 is 0 Å². The number of nitrogens with zero attached hydrogens (tertiary/aromatic N) is 3. The first kappa shape index (κ1) is 9.23. The summed E-state index contributed by atoms with van der Waals surface area (Å²) in [6.45, 7) is 0. The van der Waals surface area contributed by atoms with Crippen molar-refractivity contribution in [2.75, 3.05) is 0 Å². The maximum Gasteiger partial charge on any atom is 0.168 e. The molecule has 0 radical (unpaired) electrons. The zero-order valence-corrected chi connectivity index (χ0v) is 9.11. The zero-order chi connectivity index (χ0) is 10.8. The summed E-state index contributed by atoms with van der Waals surface area (Å²) < 4.78 is 0. The molecule has 1 aromatic carbocycles. The number of aromatic nitrogens is 2. The van der Waals surface area contributed by atoms with Gasteiger partial charge in [-0.25, -0.2) is 0 Å². The molecule has 3 rings (SSSR count). The van der Waals surface area contributed by atoms with E-state index in [0.29, 0.717) is 0 Å². The Morgan fingerprint density at radius 3 is 3.00 bits per heavy atom. The van der Waals surface area contributed by atoms with E-state index in [1.165, 1.54) is 11.3 Å². The SMILES string of the molecule is C1=Cc2ccccc2C(c2nncs2)=NN1. The average molecular weight is 228 g/mol. The van der Waals surface area contributed by atoms with Gasteiger partial charge in [0.25, 0.3) is 0 Å². The van der Waals surface area contributed by atoms with Crippen LogP contribution in [-0.2, 0) is 0 Å². The second-order valence-corrected chi connectivity index (χ2v) is 4.09. The van der Waals surface area contributed by atoms with E-state index in [1.54, 1.807) is 5.51 Å². The molecule has 5 heteroatoms. The van der Waals surface area contributed by atoms with E-state index in [-0.39, 0.29) is 0 Å². The molecule has 1 N–H and O–H groups in total. The van der Waals surface area contributed by atoms with Crippen molar-refractivity contribution in [2.45, 2.75) is 0 Å². The van der Waals surface area contributed by atoms with Gasteiger partial charge in [-0.05, 0) is 11.6 Å². The maximum atomic E-state index is 4.29. The van der Waals surface area contributed by atoms with Crippen LogP contribution < -0.4 is 5.43 Å². The smallest absolute Gasteiger partial charge is 0.168 e. The summed E-state index contributed by atoms with van der Waals surface area (Å²) in [5.41, 5.74) is 7.62. The molecule has 4 nitrogen and oxygen atoms in total. The Labute approximate surface area is 96.4 Å². The van der Waals surface area contributed by atoms with Gasteiger partial charge >= 0.3 is 0 Å². The maximum absolute atomic E-state index is 4.29. The Morgan fingerprint density at radius 2 is 2.12 bits per heavy atom. The van der Waals surface area contributed by atoms with Crippen molar-refractivity contribution in [2.24, 2.45) is 5.10 Å². The van der Waals surface area contributed by atoms with Crippen LogP contribution in [0.25, 0.3) is 6.08 Å². The van der Waals surface area contributed by atoms with Gasteiger partial charge in [-0.1, -0.05) is 35.6 Å². The predicted molar refractivity (Wildman–Crippen MR) is 64.2 cm³/mol. The quantitative estimate of drug-likeness (QED) is 0.810. The minimum absolute atomic E-state index is 0.823. The molecule has 0 bridgehead atoms. The molecule has 1 aliphatic rings. The third kappa shape index (κ3) is 1.51. The Morgan fingerprint density at radius 1 is 1.19 bits per heavy atom. The summed E-state index contributed by atoms with van der Waals surface area (Å²) in [5, 5.41) is 13.0. The van der Waals surface area contributed by atoms with Gasteiger partial charge in [0.05, 0.1) is 0 Å². The molecule has 0 aliphatic carbocycles. The second kappa shape index (κ2) is 3.86. The first-order valence-electron chi connectivity index (χ1n) is 4.81. The fourth-order valence-electron chi connectivity index (χ4n) is 1.59. The Hall–Kier alpha value is -2.01. The van der Waals surface area contributed by atoms with Gasteiger partial charge in [-0.2, -0.15) is 5.10 Å². The lowest BCUT2D eigenvalue weighted by Crippen LogP contribution is -2.07. The monoisotopic (exact) mass is 228 g/mol. The lowest BCUT2D eigenvalue weighted by molar-refractivity contribution is 0.972. The highest BCUT2D eigenvalue weighted by Gasteiger charge is 2.14. The van der Waals surface area contributed by atoms with Gasteiger partial charge < -0.3 is 0 Å². The summed E-state index contributed by atoms with van der Waals surface area (Å²) in [6.07, 6.45) is 3.81. The van der Waals surface area contributed by atoms with Gasteiger partial charge in [0.1, 0.15) is 11.2 Å². The molecule has 0 saturated carbocycles. The largest absolute Gasteiger partial charge is 0.285 e. The molecule has 0 amide bonds. The molecule has 2 heterocycles. The normalized spacial score (nSPS) is 13.6. The van der Waals surface area contributed by atoms with E-state index in [1.807, 2.05) is 30.5 Å². The first-order chi connectivity index (χ1) is 7.95. The molecule has 16 heavy (non-hydrogen) atoms. The van der Waals surface area contributed by atoms with Crippen LogP contribution >= 0.6 is 11.3 Å². The van der Waals surface area contributed by atoms with Crippen LogP contribution in [-0.4, -0.2) is 15.9 Å². The summed E-state index contributed by atoms with van der Waals surface area (Å²) >= 11 is 1.48. The molecule has 0 fully saturated rings. The van der Waals surface area contributed by atoms with E-state index >= 15 is 0 Å². The van der Waals surface area contributed by atoms with Crippen LogP contribution in [0, 0.1) is 0 Å². The highest BCUT2D eigenvalue weighted by molar-refractivity contribution is 7.11. The van der Waals surface area contributed by atoms with E-state index < -0.39 is 0 Å². The van der Waals surface area contributed by atoms with Crippen LogP contribution in [0.5, 0.6) is 0 Å². The highest BCUT2D eigenvalue weighted by Crippen LogP contribution is 2.18. The van der Waals surface area contributed by atoms with Crippen molar-refractivity contribution in [3.8, 4) is 0 Å². The van der Waals surface area contributed by atoms with Crippen molar-refractivity contribution in [3.05, 3.63) is 52.1 Å². The minimum atomic E-state index is 0.823. The highest BCUT2D eigenvalue weighted by atomic mass is 32.1. The molecule has 0 spiro atoms. The van der Waals surface area contributed by atoms with Gasteiger partial charge in [-0.15, -0.1) is 10.2 Å². The zero-order valence-electron chi connectivity index (χ0n) is 8.29. The molecule has 2 aromatic rings. The summed E-state index contributed by atoms with van der Waals surface area (Å²) in [4.78, 5) is 0. The van der Waals surface area contributed by atoms with Crippen molar-refractivity contribution >= 4 is 23.1 Å². The lowest BCUT2D eigenvalue weighted by Gasteiger charge is -2.03. The molecule has 1 aromatic heterocycles. The van der Waals surface area contributed by atoms with E-state index in [2.05, 4.69) is 26.8 Å². The number of fused-ring (bicyclic) bond motifs is 1. The summed E-state index contributed by atoms with van der Waals surface area (Å²) in [7, 11) is 0. The Bertz CT molecular complexity index is 557. The average Bonchev–Trinajstić information content (AvgIpc) is 2.76. The molecule has 0 saturated heterocycles. The number of hydrazone groups is 1. The molecule has 0 atom stereocenters.